The number of ether oxygens (including phenoxy) is 1. The number of para-hydroxylation sites is 1. The first kappa shape index (κ1) is 17.8. The molecular formula is C21H14FN3O2. The van der Waals surface area contributed by atoms with Gasteiger partial charge < -0.3 is 4.74 Å². The molecule has 0 radical (unpaired) electrons. The Morgan fingerprint density at radius 1 is 1.04 bits per heavy atom. The Morgan fingerprint density at radius 3 is 2.41 bits per heavy atom. The van der Waals surface area contributed by atoms with Gasteiger partial charge in [0.05, 0.1) is 23.4 Å². The molecule has 6 heteroatoms. The monoisotopic (exact) mass is 359 g/mol. The summed E-state index contributed by atoms with van der Waals surface area (Å²) in [6.07, 6.45) is 1.44. The molecule has 0 aliphatic rings. The van der Waals surface area contributed by atoms with E-state index in [4.69, 9.17) is 10.00 Å². The third-order valence-electron chi connectivity index (χ3n) is 3.58. The van der Waals surface area contributed by atoms with Crippen molar-refractivity contribution in [2.24, 2.45) is 5.10 Å². The Kier molecular flexibility index (Phi) is 5.55. The summed E-state index contributed by atoms with van der Waals surface area (Å²) in [7, 11) is 0. The molecule has 1 N–H and O–H groups in total. The maximum atomic E-state index is 13.8. The summed E-state index contributed by atoms with van der Waals surface area (Å²) in [5.41, 5.74) is 2.95. The van der Waals surface area contributed by atoms with Crippen LogP contribution in [0.4, 0.5) is 4.39 Å². The van der Waals surface area contributed by atoms with Crippen molar-refractivity contribution in [1.82, 2.24) is 5.43 Å². The van der Waals surface area contributed by atoms with E-state index in [9.17, 15) is 9.18 Å². The van der Waals surface area contributed by atoms with Crippen molar-refractivity contribution in [1.29, 1.82) is 5.26 Å². The molecule has 27 heavy (non-hydrogen) atoms. The number of benzene rings is 3. The first-order valence-electron chi connectivity index (χ1n) is 8.02. The molecule has 0 aromatic heterocycles. The number of carbonyl (C=O) groups is 1. The van der Waals surface area contributed by atoms with E-state index < -0.39 is 11.7 Å². The van der Waals surface area contributed by atoms with E-state index in [1.807, 2.05) is 30.3 Å². The van der Waals surface area contributed by atoms with Gasteiger partial charge in [0.15, 0.2) is 0 Å². The summed E-state index contributed by atoms with van der Waals surface area (Å²) >= 11 is 0. The topological polar surface area (TPSA) is 74.5 Å². The van der Waals surface area contributed by atoms with E-state index >= 15 is 0 Å². The van der Waals surface area contributed by atoms with Crippen LogP contribution in [0.2, 0.25) is 0 Å². The lowest BCUT2D eigenvalue weighted by Crippen LogP contribution is -2.19. The normalized spacial score (nSPS) is 10.4. The largest absolute Gasteiger partial charge is 0.457 e. The lowest BCUT2D eigenvalue weighted by Gasteiger charge is -2.05. The van der Waals surface area contributed by atoms with E-state index in [-0.39, 0.29) is 11.1 Å². The molecular weight excluding hydrogens is 345 g/mol. The minimum Gasteiger partial charge on any atom is -0.457 e. The molecule has 3 aromatic rings. The lowest BCUT2D eigenvalue weighted by atomic mass is 10.1. The predicted molar refractivity (Wildman–Crippen MR) is 99.1 cm³/mol. The zero-order chi connectivity index (χ0) is 19.1. The summed E-state index contributed by atoms with van der Waals surface area (Å²) in [6, 6.07) is 21.9. The molecule has 0 saturated carbocycles. The maximum absolute atomic E-state index is 13.8. The molecule has 0 spiro atoms. The van der Waals surface area contributed by atoms with Crippen molar-refractivity contribution in [3.05, 3.63) is 95.3 Å². The van der Waals surface area contributed by atoms with Gasteiger partial charge in [-0.25, -0.2) is 9.82 Å². The summed E-state index contributed by atoms with van der Waals surface area (Å²) in [6.45, 7) is 0. The fourth-order valence-electron chi connectivity index (χ4n) is 2.24. The zero-order valence-corrected chi connectivity index (χ0v) is 14.1. The smallest absolute Gasteiger partial charge is 0.274 e. The van der Waals surface area contributed by atoms with Crippen molar-refractivity contribution in [3.8, 4) is 17.6 Å². The van der Waals surface area contributed by atoms with Crippen LogP contribution in [-0.2, 0) is 0 Å². The molecule has 0 heterocycles. The van der Waals surface area contributed by atoms with E-state index in [2.05, 4.69) is 10.5 Å². The number of hydrogen-bond acceptors (Lipinski definition) is 4. The van der Waals surface area contributed by atoms with Crippen LogP contribution in [0.1, 0.15) is 21.5 Å². The number of nitrogens with one attached hydrogen (secondary N) is 1. The van der Waals surface area contributed by atoms with Gasteiger partial charge in [-0.2, -0.15) is 10.4 Å². The third kappa shape index (κ3) is 4.77. The van der Waals surface area contributed by atoms with Crippen LogP contribution in [0.3, 0.4) is 0 Å². The second-order valence-electron chi connectivity index (χ2n) is 5.49. The Hall–Kier alpha value is -3.98. The minimum absolute atomic E-state index is 0.144. The molecule has 3 aromatic carbocycles. The summed E-state index contributed by atoms with van der Waals surface area (Å²) in [5, 5.41) is 12.5. The number of amides is 1. The second kappa shape index (κ2) is 8.41. The molecule has 132 valence electrons. The summed E-state index contributed by atoms with van der Waals surface area (Å²) in [5.74, 6) is -0.0703. The van der Waals surface area contributed by atoms with Crippen molar-refractivity contribution < 1.29 is 13.9 Å². The molecule has 0 aliphatic heterocycles. The Bertz CT molecular complexity index is 1010. The van der Waals surface area contributed by atoms with Gasteiger partial charge in [0.2, 0.25) is 0 Å². The average Bonchev–Trinajstić information content (AvgIpc) is 2.70. The highest BCUT2D eigenvalue weighted by Crippen LogP contribution is 2.20. The van der Waals surface area contributed by atoms with Crippen LogP contribution in [0, 0.1) is 17.1 Å². The molecule has 0 aliphatic carbocycles. The molecule has 5 nitrogen and oxygen atoms in total. The van der Waals surface area contributed by atoms with Crippen molar-refractivity contribution in [3.63, 3.8) is 0 Å². The van der Waals surface area contributed by atoms with Gasteiger partial charge in [0.1, 0.15) is 17.3 Å². The van der Waals surface area contributed by atoms with E-state index in [0.717, 1.165) is 17.4 Å². The molecule has 0 saturated heterocycles. The highest BCUT2D eigenvalue weighted by Gasteiger charge is 2.11. The van der Waals surface area contributed by atoms with Crippen LogP contribution in [0.5, 0.6) is 11.5 Å². The number of halogens is 1. The standard InChI is InChI=1S/C21H14FN3O2/c22-20-12-16(13-23)8-11-19(20)21(26)25-24-14-15-6-9-18(10-7-15)27-17-4-2-1-3-5-17/h1-12,14H,(H,25,26). The lowest BCUT2D eigenvalue weighted by molar-refractivity contribution is 0.0951. The van der Waals surface area contributed by atoms with E-state index in [1.54, 1.807) is 30.3 Å². The van der Waals surface area contributed by atoms with Gasteiger partial charge in [-0.1, -0.05) is 18.2 Å². The Labute approximate surface area is 155 Å². The first-order valence-corrected chi connectivity index (χ1v) is 8.02. The maximum Gasteiger partial charge on any atom is 0.274 e. The average molecular weight is 359 g/mol. The predicted octanol–water partition coefficient (Wildman–Crippen LogP) is 4.25. The molecule has 0 bridgehead atoms. The molecule has 0 fully saturated rings. The van der Waals surface area contributed by atoms with E-state index in [1.165, 1.54) is 18.3 Å². The van der Waals surface area contributed by atoms with Crippen LogP contribution in [0.25, 0.3) is 0 Å². The first-order chi connectivity index (χ1) is 13.2. The SMILES string of the molecule is N#Cc1ccc(C(=O)NN=Cc2ccc(Oc3ccccc3)cc2)c(F)c1. The van der Waals surface area contributed by atoms with Crippen LogP contribution in [0.15, 0.2) is 77.9 Å². The van der Waals surface area contributed by atoms with Gasteiger partial charge in [0, 0.05) is 0 Å². The number of nitriles is 1. The molecule has 1 amide bonds. The highest BCUT2D eigenvalue weighted by atomic mass is 19.1. The zero-order valence-electron chi connectivity index (χ0n) is 14.1. The van der Waals surface area contributed by atoms with E-state index in [0.29, 0.717) is 5.75 Å². The highest BCUT2D eigenvalue weighted by molar-refractivity contribution is 5.95. The number of nitrogens with zero attached hydrogens (tertiary/aromatic N) is 2. The molecule has 0 unspecified atom stereocenters. The number of rotatable bonds is 5. The third-order valence-corrected chi connectivity index (χ3v) is 3.58. The van der Waals surface area contributed by atoms with Crippen LogP contribution in [-0.4, -0.2) is 12.1 Å². The van der Waals surface area contributed by atoms with Gasteiger partial charge >= 0.3 is 0 Å². The van der Waals surface area contributed by atoms with Crippen LogP contribution >= 0.6 is 0 Å². The fraction of sp³-hybridized carbons (Fsp3) is 0. The number of carbonyl (C=O) groups excluding carboxylic acids is 1. The van der Waals surface area contributed by atoms with Crippen molar-refractivity contribution in [2.75, 3.05) is 0 Å². The van der Waals surface area contributed by atoms with Gasteiger partial charge in [-0.3, -0.25) is 4.79 Å². The fourth-order valence-corrected chi connectivity index (χ4v) is 2.24. The van der Waals surface area contributed by atoms with Crippen LogP contribution < -0.4 is 10.2 Å². The number of hydrazone groups is 1. The van der Waals surface area contributed by atoms with Gasteiger partial charge in [-0.15, -0.1) is 0 Å². The molecule has 0 atom stereocenters. The van der Waals surface area contributed by atoms with Gasteiger partial charge in [-0.05, 0) is 60.2 Å². The minimum atomic E-state index is -0.774. The summed E-state index contributed by atoms with van der Waals surface area (Å²) < 4.78 is 19.5. The Morgan fingerprint density at radius 2 is 1.74 bits per heavy atom. The van der Waals surface area contributed by atoms with Gasteiger partial charge in [0.25, 0.3) is 5.91 Å². The van der Waals surface area contributed by atoms with Crippen molar-refractivity contribution in [2.45, 2.75) is 0 Å². The summed E-state index contributed by atoms with van der Waals surface area (Å²) in [4.78, 5) is 11.9. The quantitative estimate of drug-likeness (QED) is 0.546. The molecule has 3 rings (SSSR count). The second-order valence-corrected chi connectivity index (χ2v) is 5.49. The number of hydrogen-bond donors (Lipinski definition) is 1. The van der Waals surface area contributed by atoms with Crippen molar-refractivity contribution >= 4 is 12.1 Å². The Balaban J connectivity index is 1.59.